The second-order valence-corrected chi connectivity index (χ2v) is 9.47. The van der Waals surface area contributed by atoms with E-state index in [1.807, 2.05) is 0 Å². The fourth-order valence-corrected chi connectivity index (χ4v) is 5.36. The van der Waals surface area contributed by atoms with Crippen molar-refractivity contribution in [2.24, 2.45) is 0 Å². The smallest absolute Gasteiger partial charge is 0.264 e. The molecule has 0 atom stereocenters. The van der Waals surface area contributed by atoms with Crippen LogP contribution in [0.4, 0.5) is 0 Å². The number of hydrogen-bond acceptors (Lipinski definition) is 5. The van der Waals surface area contributed by atoms with Gasteiger partial charge in [0.25, 0.3) is 5.91 Å². The van der Waals surface area contributed by atoms with E-state index in [2.05, 4.69) is 5.32 Å². The molecule has 1 aromatic carbocycles. The zero-order chi connectivity index (χ0) is 18.2. The number of nitrogens with zero attached hydrogens (tertiary/aromatic N) is 1. The SMILES string of the molecule is CC1(C)C(=O)NCCN1C(=O)c1ccc(S(=O)(=O)c2ccccc2)s1. The monoisotopic (exact) mass is 378 g/mol. The van der Waals surface area contributed by atoms with E-state index in [1.165, 1.54) is 29.2 Å². The minimum atomic E-state index is -3.65. The van der Waals surface area contributed by atoms with Crippen LogP contribution in [0.15, 0.2) is 51.6 Å². The van der Waals surface area contributed by atoms with Crippen molar-refractivity contribution in [3.63, 3.8) is 0 Å². The molecule has 0 unspecified atom stereocenters. The summed E-state index contributed by atoms with van der Waals surface area (Å²) in [6.45, 7) is 4.12. The Morgan fingerprint density at radius 2 is 1.84 bits per heavy atom. The van der Waals surface area contributed by atoms with Crippen molar-refractivity contribution in [2.45, 2.75) is 28.5 Å². The van der Waals surface area contributed by atoms with Gasteiger partial charge in [-0.2, -0.15) is 0 Å². The van der Waals surface area contributed by atoms with Gasteiger partial charge in [-0.25, -0.2) is 8.42 Å². The summed E-state index contributed by atoms with van der Waals surface area (Å²) in [5.74, 6) is -0.555. The van der Waals surface area contributed by atoms with E-state index >= 15 is 0 Å². The molecule has 2 aromatic rings. The van der Waals surface area contributed by atoms with Crippen molar-refractivity contribution in [2.75, 3.05) is 13.1 Å². The van der Waals surface area contributed by atoms with Crippen LogP contribution in [0.5, 0.6) is 0 Å². The maximum Gasteiger partial charge on any atom is 0.264 e. The van der Waals surface area contributed by atoms with E-state index in [0.717, 1.165) is 11.3 Å². The highest BCUT2D eigenvalue weighted by molar-refractivity contribution is 7.93. The summed E-state index contributed by atoms with van der Waals surface area (Å²) in [5.41, 5.74) is -0.974. The molecule has 0 spiro atoms. The molecule has 1 N–H and O–H groups in total. The number of hydrogen-bond donors (Lipinski definition) is 1. The number of benzene rings is 1. The normalized spacial score (nSPS) is 17.2. The lowest BCUT2D eigenvalue weighted by Gasteiger charge is -2.40. The third kappa shape index (κ3) is 3.07. The molecule has 1 aromatic heterocycles. The zero-order valence-corrected chi connectivity index (χ0v) is 15.5. The van der Waals surface area contributed by atoms with Crippen molar-refractivity contribution >= 4 is 33.0 Å². The largest absolute Gasteiger partial charge is 0.352 e. The van der Waals surface area contributed by atoms with E-state index in [4.69, 9.17) is 0 Å². The summed E-state index contributed by atoms with van der Waals surface area (Å²) in [4.78, 5) is 26.8. The van der Waals surface area contributed by atoms with Gasteiger partial charge in [0.1, 0.15) is 9.75 Å². The molecule has 2 amide bonds. The number of carbonyl (C=O) groups excluding carboxylic acids is 2. The first-order valence-corrected chi connectivity index (χ1v) is 10.0. The highest BCUT2D eigenvalue weighted by Crippen LogP contribution is 2.30. The fraction of sp³-hybridized carbons (Fsp3) is 0.294. The van der Waals surface area contributed by atoms with E-state index in [1.54, 1.807) is 32.0 Å². The van der Waals surface area contributed by atoms with E-state index in [9.17, 15) is 18.0 Å². The van der Waals surface area contributed by atoms with Gasteiger partial charge in [0.2, 0.25) is 15.7 Å². The molecule has 132 valence electrons. The predicted molar refractivity (Wildman–Crippen MR) is 94.3 cm³/mol. The lowest BCUT2D eigenvalue weighted by molar-refractivity contribution is -0.133. The molecule has 0 bridgehead atoms. The molecule has 6 nitrogen and oxygen atoms in total. The summed E-state index contributed by atoms with van der Waals surface area (Å²) < 4.78 is 25.4. The molecule has 2 heterocycles. The van der Waals surface area contributed by atoms with Crippen LogP contribution in [0.25, 0.3) is 0 Å². The molecule has 1 aliphatic heterocycles. The van der Waals surface area contributed by atoms with Crippen LogP contribution in [0.2, 0.25) is 0 Å². The van der Waals surface area contributed by atoms with Gasteiger partial charge in [-0.15, -0.1) is 11.3 Å². The number of carbonyl (C=O) groups is 2. The van der Waals surface area contributed by atoms with Crippen LogP contribution < -0.4 is 5.32 Å². The van der Waals surface area contributed by atoms with Crippen LogP contribution in [0.3, 0.4) is 0 Å². The van der Waals surface area contributed by atoms with Crippen LogP contribution >= 0.6 is 11.3 Å². The van der Waals surface area contributed by atoms with Gasteiger partial charge in [-0.1, -0.05) is 18.2 Å². The Labute approximate surface area is 150 Å². The van der Waals surface area contributed by atoms with Crippen molar-refractivity contribution < 1.29 is 18.0 Å². The Balaban J connectivity index is 1.91. The third-order valence-corrected chi connectivity index (χ3v) is 7.54. The van der Waals surface area contributed by atoms with Crippen molar-refractivity contribution in [1.29, 1.82) is 0 Å². The van der Waals surface area contributed by atoms with Gasteiger partial charge in [0.05, 0.1) is 9.77 Å². The number of thiophene rings is 1. The van der Waals surface area contributed by atoms with Gasteiger partial charge < -0.3 is 10.2 Å². The number of amides is 2. The van der Waals surface area contributed by atoms with Crippen molar-refractivity contribution in [3.8, 4) is 0 Å². The molecular weight excluding hydrogens is 360 g/mol. The Morgan fingerprint density at radius 3 is 2.52 bits per heavy atom. The predicted octanol–water partition coefficient (Wildman–Crippen LogP) is 1.93. The van der Waals surface area contributed by atoms with E-state index in [-0.39, 0.29) is 20.9 Å². The summed E-state index contributed by atoms with van der Waals surface area (Å²) in [6, 6.07) is 11.0. The van der Waals surface area contributed by atoms with Gasteiger partial charge in [0, 0.05) is 13.1 Å². The second kappa shape index (κ2) is 6.27. The molecule has 3 rings (SSSR count). The highest BCUT2D eigenvalue weighted by Gasteiger charge is 2.41. The fourth-order valence-electron chi connectivity index (χ4n) is 2.68. The number of piperazine rings is 1. The first-order chi connectivity index (χ1) is 11.7. The van der Waals surface area contributed by atoms with Gasteiger partial charge in [-0.05, 0) is 38.1 Å². The Hall–Kier alpha value is -2.19. The first kappa shape index (κ1) is 17.6. The van der Waals surface area contributed by atoms with Gasteiger partial charge in [0.15, 0.2) is 0 Å². The molecule has 0 radical (unpaired) electrons. The van der Waals surface area contributed by atoms with Gasteiger partial charge >= 0.3 is 0 Å². The average molecular weight is 378 g/mol. The zero-order valence-electron chi connectivity index (χ0n) is 13.9. The van der Waals surface area contributed by atoms with Crippen molar-refractivity contribution in [3.05, 3.63) is 47.3 Å². The van der Waals surface area contributed by atoms with Crippen LogP contribution in [0, 0.1) is 0 Å². The second-order valence-electron chi connectivity index (χ2n) is 6.21. The molecule has 1 saturated heterocycles. The minimum absolute atomic E-state index is 0.112. The summed E-state index contributed by atoms with van der Waals surface area (Å²) in [5, 5.41) is 2.73. The molecule has 0 saturated carbocycles. The van der Waals surface area contributed by atoms with E-state index < -0.39 is 15.4 Å². The number of nitrogens with one attached hydrogen (secondary N) is 1. The molecule has 0 aliphatic carbocycles. The minimum Gasteiger partial charge on any atom is -0.352 e. The lowest BCUT2D eigenvalue weighted by atomic mass is 9.98. The Bertz CT molecular complexity index is 917. The Kier molecular flexibility index (Phi) is 4.42. The molecule has 8 heteroatoms. The van der Waals surface area contributed by atoms with Crippen LogP contribution in [0.1, 0.15) is 23.5 Å². The summed E-state index contributed by atoms with van der Waals surface area (Å²) >= 11 is 0.928. The lowest BCUT2D eigenvalue weighted by Crippen LogP contribution is -2.63. The Morgan fingerprint density at radius 1 is 1.16 bits per heavy atom. The quantitative estimate of drug-likeness (QED) is 0.885. The van der Waals surface area contributed by atoms with Gasteiger partial charge in [-0.3, -0.25) is 9.59 Å². The maximum atomic E-state index is 12.8. The average Bonchev–Trinajstić information content (AvgIpc) is 3.08. The molecule has 25 heavy (non-hydrogen) atoms. The maximum absolute atomic E-state index is 12.8. The number of sulfone groups is 1. The van der Waals surface area contributed by atoms with Crippen LogP contribution in [-0.4, -0.2) is 43.8 Å². The standard InChI is InChI=1S/C17H18N2O4S2/c1-17(2)16(21)18-10-11-19(17)15(20)13-8-9-14(24-13)25(22,23)12-6-4-3-5-7-12/h3-9H,10-11H2,1-2H3,(H,18,21). The summed E-state index contributed by atoms with van der Waals surface area (Å²) in [6.07, 6.45) is 0. The van der Waals surface area contributed by atoms with Crippen LogP contribution in [-0.2, 0) is 14.6 Å². The third-order valence-electron chi connectivity index (χ3n) is 4.21. The first-order valence-electron chi connectivity index (χ1n) is 7.75. The molecular formula is C17H18N2O4S2. The summed E-state index contributed by atoms with van der Waals surface area (Å²) in [7, 11) is -3.65. The number of rotatable bonds is 3. The molecule has 1 fully saturated rings. The highest BCUT2D eigenvalue weighted by atomic mass is 32.2. The van der Waals surface area contributed by atoms with Crippen molar-refractivity contribution in [1.82, 2.24) is 10.2 Å². The van der Waals surface area contributed by atoms with E-state index in [0.29, 0.717) is 18.0 Å². The molecule has 1 aliphatic rings. The topological polar surface area (TPSA) is 83.6 Å².